The Labute approximate surface area is 157 Å². The average Bonchev–Trinajstić information content (AvgIpc) is 3.31. The Hall–Kier alpha value is -3.16. The second-order valence-corrected chi connectivity index (χ2v) is 6.55. The van der Waals surface area contributed by atoms with Crippen LogP contribution >= 0.6 is 0 Å². The predicted octanol–water partition coefficient (Wildman–Crippen LogP) is 1.91. The fourth-order valence-electron chi connectivity index (χ4n) is 3.55. The van der Waals surface area contributed by atoms with E-state index in [0.717, 1.165) is 35.7 Å². The molecule has 4 rings (SSSR count). The lowest BCUT2D eigenvalue weighted by Gasteiger charge is -2.28. The van der Waals surface area contributed by atoms with Gasteiger partial charge >= 0.3 is 0 Å². The summed E-state index contributed by atoms with van der Waals surface area (Å²) in [6.45, 7) is 3.97. The third-order valence-corrected chi connectivity index (χ3v) is 5.01. The number of nitrogens with zero attached hydrogens (tertiary/aromatic N) is 6. The summed E-state index contributed by atoms with van der Waals surface area (Å²) in [5.41, 5.74) is 3.61. The van der Waals surface area contributed by atoms with E-state index in [1.165, 1.54) is 0 Å². The molecule has 0 saturated carbocycles. The maximum absolute atomic E-state index is 13.0. The highest BCUT2D eigenvalue weighted by Crippen LogP contribution is 2.29. The highest BCUT2D eigenvalue weighted by molar-refractivity contribution is 5.94. The number of aryl methyl sites for hydroxylation is 2. The maximum Gasteiger partial charge on any atom is 0.254 e. The number of hydrogen-bond donors (Lipinski definition) is 0. The molecule has 1 aliphatic heterocycles. The molecule has 27 heavy (non-hydrogen) atoms. The molecule has 0 fully saturated rings. The molecule has 140 valence electrons. The molecule has 0 radical (unpaired) electrons. The molecule has 0 N–H and O–H groups in total. The first-order valence-corrected chi connectivity index (χ1v) is 8.98. The van der Waals surface area contributed by atoms with Gasteiger partial charge in [0.15, 0.2) is 5.82 Å². The normalized spacial score (nSPS) is 13.5. The summed E-state index contributed by atoms with van der Waals surface area (Å²) < 4.78 is 9.10. The second kappa shape index (κ2) is 6.86. The highest BCUT2D eigenvalue weighted by atomic mass is 16.5. The number of benzene rings is 1. The Morgan fingerprint density at radius 3 is 2.96 bits per heavy atom. The number of amides is 1. The Bertz CT molecular complexity index is 990. The predicted molar refractivity (Wildman–Crippen MR) is 99.3 cm³/mol. The molecule has 0 spiro atoms. The average molecular weight is 366 g/mol. The van der Waals surface area contributed by atoms with Gasteiger partial charge in [-0.05, 0) is 25.1 Å². The van der Waals surface area contributed by atoms with Crippen LogP contribution in [0, 0.1) is 0 Å². The van der Waals surface area contributed by atoms with Crippen molar-refractivity contribution in [2.45, 2.75) is 26.4 Å². The monoisotopic (exact) mass is 366 g/mol. The van der Waals surface area contributed by atoms with Gasteiger partial charge in [0, 0.05) is 43.4 Å². The van der Waals surface area contributed by atoms with E-state index in [1.54, 1.807) is 19.5 Å². The van der Waals surface area contributed by atoms with E-state index in [-0.39, 0.29) is 5.91 Å². The number of carbonyl (C=O) groups excluding carboxylic acids is 1. The van der Waals surface area contributed by atoms with E-state index in [1.807, 2.05) is 46.3 Å². The summed E-state index contributed by atoms with van der Waals surface area (Å²) >= 11 is 0. The molecule has 0 unspecified atom stereocenters. The number of fused-ring (bicyclic) bond motifs is 1. The smallest absolute Gasteiger partial charge is 0.254 e. The standard InChI is InChI=1S/C19H22N6O2/c1-4-24-12-20-21-18(24)17-15-11-25(9-8-16(15)23(2)22-17)19(26)13-6-5-7-14(10-13)27-3/h5-7,10,12H,4,8-9,11H2,1-3H3. The first-order valence-electron chi connectivity index (χ1n) is 8.98. The third-order valence-electron chi connectivity index (χ3n) is 5.01. The number of ether oxygens (including phenoxy) is 1. The largest absolute Gasteiger partial charge is 0.497 e. The van der Waals surface area contributed by atoms with Crippen molar-refractivity contribution in [2.24, 2.45) is 7.05 Å². The molecule has 0 atom stereocenters. The Morgan fingerprint density at radius 2 is 2.19 bits per heavy atom. The van der Waals surface area contributed by atoms with E-state index in [4.69, 9.17) is 4.74 Å². The van der Waals surface area contributed by atoms with Crippen LogP contribution in [0.2, 0.25) is 0 Å². The molecule has 8 nitrogen and oxygen atoms in total. The third kappa shape index (κ3) is 2.97. The summed E-state index contributed by atoms with van der Waals surface area (Å²) in [4.78, 5) is 14.9. The van der Waals surface area contributed by atoms with Crippen LogP contribution in [0.25, 0.3) is 11.5 Å². The minimum Gasteiger partial charge on any atom is -0.497 e. The van der Waals surface area contributed by atoms with E-state index in [0.29, 0.717) is 24.4 Å². The zero-order chi connectivity index (χ0) is 19.0. The number of carbonyl (C=O) groups is 1. The van der Waals surface area contributed by atoms with Gasteiger partial charge in [-0.3, -0.25) is 9.48 Å². The Morgan fingerprint density at radius 1 is 1.33 bits per heavy atom. The molecule has 1 aromatic carbocycles. The van der Waals surface area contributed by atoms with Crippen LogP contribution in [0.15, 0.2) is 30.6 Å². The van der Waals surface area contributed by atoms with Crippen molar-refractivity contribution in [2.75, 3.05) is 13.7 Å². The minimum atomic E-state index is -0.00804. The first kappa shape index (κ1) is 17.3. The molecule has 0 aliphatic carbocycles. The second-order valence-electron chi connectivity index (χ2n) is 6.55. The van der Waals surface area contributed by atoms with Gasteiger partial charge in [-0.1, -0.05) is 6.07 Å². The van der Waals surface area contributed by atoms with Crippen molar-refractivity contribution in [3.05, 3.63) is 47.4 Å². The van der Waals surface area contributed by atoms with Crippen molar-refractivity contribution < 1.29 is 9.53 Å². The zero-order valence-electron chi connectivity index (χ0n) is 15.7. The Balaban J connectivity index is 1.67. The highest BCUT2D eigenvalue weighted by Gasteiger charge is 2.29. The number of methoxy groups -OCH3 is 1. The summed E-state index contributed by atoms with van der Waals surface area (Å²) in [7, 11) is 3.54. The van der Waals surface area contributed by atoms with Crippen LogP contribution in [-0.2, 0) is 26.6 Å². The van der Waals surface area contributed by atoms with Crippen LogP contribution in [-0.4, -0.2) is 49.0 Å². The minimum absolute atomic E-state index is 0.00804. The van der Waals surface area contributed by atoms with Crippen LogP contribution < -0.4 is 4.74 Å². The molecule has 0 bridgehead atoms. The lowest BCUT2D eigenvalue weighted by Crippen LogP contribution is -2.36. The molecule has 3 heterocycles. The van der Waals surface area contributed by atoms with Gasteiger partial charge in [-0.2, -0.15) is 5.10 Å². The summed E-state index contributed by atoms with van der Waals surface area (Å²) in [5.74, 6) is 1.41. The van der Waals surface area contributed by atoms with Gasteiger partial charge in [-0.25, -0.2) is 0 Å². The zero-order valence-corrected chi connectivity index (χ0v) is 15.7. The maximum atomic E-state index is 13.0. The van der Waals surface area contributed by atoms with Crippen LogP contribution in [0.5, 0.6) is 5.75 Å². The summed E-state index contributed by atoms with van der Waals surface area (Å²) in [6.07, 6.45) is 2.47. The topological polar surface area (TPSA) is 78.1 Å². The molecular weight excluding hydrogens is 344 g/mol. The van der Waals surface area contributed by atoms with E-state index in [2.05, 4.69) is 15.3 Å². The first-order chi connectivity index (χ1) is 13.1. The van der Waals surface area contributed by atoms with Crippen molar-refractivity contribution in [1.82, 2.24) is 29.4 Å². The van der Waals surface area contributed by atoms with Crippen LogP contribution in [0.3, 0.4) is 0 Å². The van der Waals surface area contributed by atoms with E-state index < -0.39 is 0 Å². The lowest BCUT2D eigenvalue weighted by atomic mass is 10.0. The van der Waals surface area contributed by atoms with Crippen molar-refractivity contribution >= 4 is 5.91 Å². The number of rotatable bonds is 4. The van der Waals surface area contributed by atoms with Gasteiger partial charge < -0.3 is 14.2 Å². The van der Waals surface area contributed by atoms with Crippen LogP contribution in [0.4, 0.5) is 0 Å². The quantitative estimate of drug-likeness (QED) is 0.705. The molecule has 1 aliphatic rings. The number of hydrogen-bond acceptors (Lipinski definition) is 5. The van der Waals surface area contributed by atoms with Gasteiger partial charge in [0.1, 0.15) is 17.8 Å². The molecular formula is C19H22N6O2. The number of aromatic nitrogens is 5. The SMILES string of the molecule is CCn1cnnc1-c1nn(C)c2c1CN(C(=O)c1cccc(OC)c1)CC2. The van der Waals surface area contributed by atoms with Crippen molar-refractivity contribution in [1.29, 1.82) is 0 Å². The van der Waals surface area contributed by atoms with Gasteiger partial charge in [-0.15, -0.1) is 10.2 Å². The van der Waals surface area contributed by atoms with E-state index in [9.17, 15) is 4.79 Å². The summed E-state index contributed by atoms with van der Waals surface area (Å²) in [6, 6.07) is 7.26. The fraction of sp³-hybridized carbons (Fsp3) is 0.368. The van der Waals surface area contributed by atoms with Crippen LogP contribution in [0.1, 0.15) is 28.5 Å². The molecule has 1 amide bonds. The van der Waals surface area contributed by atoms with Crippen molar-refractivity contribution in [3.63, 3.8) is 0 Å². The van der Waals surface area contributed by atoms with Crippen molar-refractivity contribution in [3.8, 4) is 17.3 Å². The Kier molecular flexibility index (Phi) is 4.39. The molecule has 8 heteroatoms. The molecule has 0 saturated heterocycles. The van der Waals surface area contributed by atoms with Gasteiger partial charge in [0.05, 0.1) is 13.7 Å². The summed E-state index contributed by atoms with van der Waals surface area (Å²) in [5, 5.41) is 12.9. The van der Waals surface area contributed by atoms with Gasteiger partial charge in [0.25, 0.3) is 5.91 Å². The molecule has 2 aromatic heterocycles. The lowest BCUT2D eigenvalue weighted by molar-refractivity contribution is 0.0733. The fourth-order valence-corrected chi connectivity index (χ4v) is 3.55. The van der Waals surface area contributed by atoms with E-state index >= 15 is 0 Å². The van der Waals surface area contributed by atoms with Gasteiger partial charge in [0.2, 0.25) is 0 Å². The molecule has 3 aromatic rings.